The van der Waals surface area contributed by atoms with Crippen LogP contribution in [0.25, 0.3) is 0 Å². The molecule has 2 amide bonds. The average molecular weight is 407 g/mol. The maximum Gasteiger partial charge on any atom is 0.354 e. The predicted octanol–water partition coefficient (Wildman–Crippen LogP) is 4.21. The largest absolute Gasteiger partial charge is 0.495 e. The first kappa shape index (κ1) is 20.7. The lowest BCUT2D eigenvalue weighted by Crippen LogP contribution is -2.28. The summed E-state index contributed by atoms with van der Waals surface area (Å²) in [5.74, 6) is 0.373. The summed E-state index contributed by atoms with van der Waals surface area (Å²) in [7, 11) is 1.55. The van der Waals surface area contributed by atoms with Crippen LogP contribution in [0.4, 0.5) is 10.5 Å². The fourth-order valence-corrected chi connectivity index (χ4v) is 2.67. The van der Waals surface area contributed by atoms with Crippen molar-refractivity contribution in [1.82, 2.24) is 10.3 Å². The van der Waals surface area contributed by atoms with E-state index in [1.165, 1.54) is 12.3 Å². The summed E-state index contributed by atoms with van der Waals surface area (Å²) in [5, 5.41) is 14.6. The van der Waals surface area contributed by atoms with Gasteiger partial charge >= 0.3 is 12.0 Å². The second kappa shape index (κ2) is 9.42. The standard InChI is InChI=1S/C22H21N3O5/c1-14-3-8-20(29-2)18(11-14)25-22(28)24-13-15-4-6-16(7-5-15)30-17-9-10-23-19(12-17)21(26)27/h3-12H,13H2,1-2H3,(H,26,27)(H2,24,25,28). The molecule has 30 heavy (non-hydrogen) atoms. The van der Waals surface area contributed by atoms with Crippen molar-refractivity contribution in [3.05, 3.63) is 77.6 Å². The molecule has 0 bridgehead atoms. The Kier molecular flexibility index (Phi) is 6.49. The normalized spacial score (nSPS) is 10.2. The van der Waals surface area contributed by atoms with Gasteiger partial charge in [0, 0.05) is 18.8 Å². The Morgan fingerprint density at radius 1 is 1.03 bits per heavy atom. The van der Waals surface area contributed by atoms with Crippen LogP contribution in [-0.4, -0.2) is 29.2 Å². The fraction of sp³-hybridized carbons (Fsp3) is 0.136. The van der Waals surface area contributed by atoms with Crippen molar-refractivity contribution in [2.75, 3.05) is 12.4 Å². The SMILES string of the molecule is COc1ccc(C)cc1NC(=O)NCc1ccc(Oc2ccnc(C(=O)O)c2)cc1. The molecule has 154 valence electrons. The number of aromatic nitrogens is 1. The van der Waals surface area contributed by atoms with Crippen LogP contribution in [0.1, 0.15) is 21.6 Å². The first-order chi connectivity index (χ1) is 14.4. The number of rotatable bonds is 7. The maximum absolute atomic E-state index is 12.2. The van der Waals surface area contributed by atoms with Crippen LogP contribution < -0.4 is 20.1 Å². The van der Waals surface area contributed by atoms with Crippen molar-refractivity contribution in [2.24, 2.45) is 0 Å². The van der Waals surface area contributed by atoms with Gasteiger partial charge in [-0.25, -0.2) is 14.6 Å². The summed E-state index contributed by atoms with van der Waals surface area (Å²) < 4.78 is 10.9. The number of hydrogen-bond acceptors (Lipinski definition) is 5. The van der Waals surface area contributed by atoms with E-state index < -0.39 is 5.97 Å². The number of aryl methyl sites for hydroxylation is 1. The highest BCUT2D eigenvalue weighted by atomic mass is 16.5. The van der Waals surface area contributed by atoms with Gasteiger partial charge in [-0.15, -0.1) is 0 Å². The van der Waals surface area contributed by atoms with Crippen LogP contribution in [-0.2, 0) is 6.54 Å². The number of anilines is 1. The number of amides is 2. The molecular formula is C22H21N3O5. The van der Waals surface area contributed by atoms with E-state index in [0.717, 1.165) is 11.1 Å². The van der Waals surface area contributed by atoms with Crippen LogP contribution in [0.3, 0.4) is 0 Å². The number of pyridine rings is 1. The molecule has 1 heterocycles. The van der Waals surface area contributed by atoms with Crippen molar-refractivity contribution in [3.63, 3.8) is 0 Å². The van der Waals surface area contributed by atoms with E-state index in [-0.39, 0.29) is 11.7 Å². The van der Waals surface area contributed by atoms with E-state index in [0.29, 0.717) is 29.5 Å². The zero-order chi connectivity index (χ0) is 21.5. The number of methoxy groups -OCH3 is 1. The van der Waals surface area contributed by atoms with Crippen molar-refractivity contribution >= 4 is 17.7 Å². The molecule has 3 rings (SSSR count). The zero-order valence-corrected chi connectivity index (χ0v) is 16.5. The highest BCUT2D eigenvalue weighted by Gasteiger charge is 2.09. The van der Waals surface area contributed by atoms with Gasteiger partial charge in [-0.1, -0.05) is 18.2 Å². The van der Waals surface area contributed by atoms with Crippen LogP contribution in [0.15, 0.2) is 60.8 Å². The molecule has 1 aromatic heterocycles. The summed E-state index contributed by atoms with van der Waals surface area (Å²) in [6.45, 7) is 2.25. The third-order valence-corrected chi connectivity index (χ3v) is 4.17. The summed E-state index contributed by atoms with van der Waals surface area (Å²) >= 11 is 0. The van der Waals surface area contributed by atoms with Gasteiger partial charge in [0.1, 0.15) is 17.2 Å². The lowest BCUT2D eigenvalue weighted by Gasteiger charge is -2.12. The Hall–Kier alpha value is -4.07. The van der Waals surface area contributed by atoms with Crippen molar-refractivity contribution in [2.45, 2.75) is 13.5 Å². The van der Waals surface area contributed by atoms with E-state index in [9.17, 15) is 9.59 Å². The minimum Gasteiger partial charge on any atom is -0.495 e. The van der Waals surface area contributed by atoms with Gasteiger partial charge in [-0.2, -0.15) is 0 Å². The molecule has 0 aliphatic carbocycles. The number of nitrogens with zero attached hydrogens (tertiary/aromatic N) is 1. The van der Waals surface area contributed by atoms with E-state index in [4.69, 9.17) is 14.6 Å². The zero-order valence-electron chi connectivity index (χ0n) is 16.5. The molecule has 0 saturated heterocycles. The first-order valence-corrected chi connectivity index (χ1v) is 9.10. The van der Waals surface area contributed by atoms with Crippen LogP contribution in [0, 0.1) is 6.92 Å². The number of carboxylic acid groups (broad SMARTS) is 1. The van der Waals surface area contributed by atoms with Gasteiger partial charge in [0.15, 0.2) is 5.69 Å². The van der Waals surface area contributed by atoms with Gasteiger partial charge in [0.2, 0.25) is 0 Å². The van der Waals surface area contributed by atoms with Crippen LogP contribution in [0.5, 0.6) is 17.2 Å². The number of carbonyl (C=O) groups excluding carboxylic acids is 1. The number of urea groups is 1. The van der Waals surface area contributed by atoms with E-state index >= 15 is 0 Å². The second-order valence-corrected chi connectivity index (χ2v) is 6.44. The topological polar surface area (TPSA) is 110 Å². The Bertz CT molecular complexity index is 1050. The fourth-order valence-electron chi connectivity index (χ4n) is 2.67. The van der Waals surface area contributed by atoms with Gasteiger partial charge in [-0.05, 0) is 48.4 Å². The molecule has 0 unspecified atom stereocenters. The maximum atomic E-state index is 12.2. The Morgan fingerprint density at radius 2 is 1.80 bits per heavy atom. The minimum absolute atomic E-state index is 0.0930. The minimum atomic E-state index is -1.12. The van der Waals surface area contributed by atoms with Crippen molar-refractivity contribution < 1.29 is 24.2 Å². The van der Waals surface area contributed by atoms with E-state index in [1.807, 2.05) is 31.2 Å². The molecule has 3 N–H and O–H groups in total. The van der Waals surface area contributed by atoms with Gasteiger partial charge in [0.25, 0.3) is 0 Å². The van der Waals surface area contributed by atoms with Crippen LogP contribution >= 0.6 is 0 Å². The molecule has 0 saturated carbocycles. The lowest BCUT2D eigenvalue weighted by atomic mass is 10.2. The van der Waals surface area contributed by atoms with Crippen LogP contribution in [0.2, 0.25) is 0 Å². The number of carboxylic acids is 1. The van der Waals surface area contributed by atoms with Crippen molar-refractivity contribution in [1.29, 1.82) is 0 Å². The molecule has 8 heteroatoms. The predicted molar refractivity (Wildman–Crippen MR) is 111 cm³/mol. The number of ether oxygens (including phenoxy) is 2. The third kappa shape index (κ3) is 5.48. The molecule has 0 aliphatic rings. The monoisotopic (exact) mass is 407 g/mol. The number of carbonyl (C=O) groups is 2. The highest BCUT2D eigenvalue weighted by molar-refractivity contribution is 5.91. The second-order valence-electron chi connectivity index (χ2n) is 6.44. The molecule has 0 radical (unpaired) electrons. The first-order valence-electron chi connectivity index (χ1n) is 9.10. The summed E-state index contributed by atoms with van der Waals surface area (Å²) in [4.78, 5) is 26.9. The molecule has 2 aromatic carbocycles. The molecule has 8 nitrogen and oxygen atoms in total. The van der Waals surface area contributed by atoms with Gasteiger partial charge in [-0.3, -0.25) is 0 Å². The Morgan fingerprint density at radius 3 is 2.50 bits per heavy atom. The Labute approximate surface area is 173 Å². The van der Waals surface area contributed by atoms with Gasteiger partial charge in [0.05, 0.1) is 12.8 Å². The Balaban J connectivity index is 1.56. The quantitative estimate of drug-likeness (QED) is 0.541. The highest BCUT2D eigenvalue weighted by Crippen LogP contribution is 2.25. The molecular weight excluding hydrogens is 386 g/mol. The molecule has 0 spiro atoms. The number of nitrogens with one attached hydrogen (secondary N) is 2. The van der Waals surface area contributed by atoms with Crippen molar-refractivity contribution in [3.8, 4) is 17.2 Å². The molecule has 0 fully saturated rings. The summed E-state index contributed by atoms with van der Waals surface area (Å²) in [6.07, 6.45) is 1.37. The molecule has 3 aromatic rings. The van der Waals surface area contributed by atoms with E-state index in [2.05, 4.69) is 15.6 Å². The van der Waals surface area contributed by atoms with E-state index in [1.54, 1.807) is 31.4 Å². The van der Waals surface area contributed by atoms with Gasteiger partial charge < -0.3 is 25.2 Å². The molecule has 0 atom stereocenters. The summed E-state index contributed by atoms with van der Waals surface area (Å²) in [6, 6.07) is 15.2. The number of aromatic carboxylic acids is 1. The lowest BCUT2D eigenvalue weighted by molar-refractivity contribution is 0.0690. The third-order valence-electron chi connectivity index (χ3n) is 4.17. The average Bonchev–Trinajstić information content (AvgIpc) is 2.73. The molecule has 0 aliphatic heterocycles. The smallest absolute Gasteiger partial charge is 0.354 e. The summed E-state index contributed by atoms with van der Waals surface area (Å²) in [5.41, 5.74) is 2.38. The number of hydrogen-bond donors (Lipinski definition) is 3. The number of benzene rings is 2.